The molecule has 1 aromatic carbocycles. The van der Waals surface area contributed by atoms with E-state index >= 15 is 0 Å². The van der Waals surface area contributed by atoms with E-state index in [1.54, 1.807) is 29.2 Å². The van der Waals surface area contributed by atoms with Gasteiger partial charge < -0.3 is 20.7 Å². The molecule has 25 heavy (non-hydrogen) atoms. The van der Waals surface area contributed by atoms with Gasteiger partial charge in [0.2, 0.25) is 5.91 Å². The van der Waals surface area contributed by atoms with E-state index < -0.39 is 0 Å². The predicted molar refractivity (Wildman–Crippen MR) is 99.0 cm³/mol. The maximum Gasteiger partial charge on any atom is 0.254 e. The summed E-state index contributed by atoms with van der Waals surface area (Å²) in [5.74, 6) is 0.0234. The summed E-state index contributed by atoms with van der Waals surface area (Å²) in [6, 6.07) is 7.23. The first kappa shape index (κ1) is 19.7. The molecule has 1 aliphatic heterocycles. The smallest absolute Gasteiger partial charge is 0.254 e. The molecule has 2 unspecified atom stereocenters. The number of carbonyl (C=O) groups excluding carboxylic acids is 2. The zero-order chi connectivity index (χ0) is 16.9. The minimum atomic E-state index is -0.0107. The molecule has 1 heterocycles. The maximum absolute atomic E-state index is 12.4. The van der Waals surface area contributed by atoms with Gasteiger partial charge >= 0.3 is 0 Å². The van der Waals surface area contributed by atoms with E-state index in [0.29, 0.717) is 31.9 Å². The maximum atomic E-state index is 12.4. The molecule has 3 rings (SSSR count). The molecule has 2 aliphatic rings. The van der Waals surface area contributed by atoms with Crippen molar-refractivity contribution in [1.82, 2.24) is 4.90 Å². The van der Waals surface area contributed by atoms with E-state index in [1.165, 1.54) is 0 Å². The van der Waals surface area contributed by atoms with Crippen LogP contribution in [0.25, 0.3) is 0 Å². The van der Waals surface area contributed by atoms with E-state index in [2.05, 4.69) is 5.32 Å². The lowest BCUT2D eigenvalue weighted by Crippen LogP contribution is -2.40. The fourth-order valence-corrected chi connectivity index (χ4v) is 3.36. The SMILES string of the molecule is Cl.NC1CCCC(C(=O)Nc2ccc(C(=O)N3CCOCC3)cc2)C1. The molecule has 1 saturated heterocycles. The molecule has 6 nitrogen and oxygen atoms in total. The Kier molecular flexibility index (Phi) is 7.23. The Morgan fingerprint density at radius 2 is 1.80 bits per heavy atom. The number of nitrogens with zero attached hydrogens (tertiary/aromatic N) is 1. The average molecular weight is 368 g/mol. The summed E-state index contributed by atoms with van der Waals surface area (Å²) < 4.78 is 5.26. The molecule has 0 aromatic heterocycles. The van der Waals surface area contributed by atoms with E-state index in [9.17, 15) is 9.59 Å². The van der Waals surface area contributed by atoms with Crippen LogP contribution >= 0.6 is 12.4 Å². The molecule has 2 atom stereocenters. The minimum absolute atomic E-state index is 0. The van der Waals surface area contributed by atoms with Crippen LogP contribution in [0.5, 0.6) is 0 Å². The van der Waals surface area contributed by atoms with E-state index in [1.807, 2.05) is 0 Å². The number of carbonyl (C=O) groups is 2. The van der Waals surface area contributed by atoms with Crippen LogP contribution in [0.15, 0.2) is 24.3 Å². The monoisotopic (exact) mass is 367 g/mol. The van der Waals surface area contributed by atoms with Gasteiger partial charge in [-0.15, -0.1) is 12.4 Å². The van der Waals surface area contributed by atoms with Gasteiger partial charge in [0.05, 0.1) is 13.2 Å². The van der Waals surface area contributed by atoms with Crippen LogP contribution in [-0.4, -0.2) is 49.1 Å². The highest BCUT2D eigenvalue weighted by Gasteiger charge is 2.25. The minimum Gasteiger partial charge on any atom is -0.378 e. The molecular weight excluding hydrogens is 342 g/mol. The molecule has 2 amide bonds. The zero-order valence-electron chi connectivity index (χ0n) is 14.3. The molecular formula is C18H26ClN3O3. The molecule has 0 radical (unpaired) electrons. The molecule has 1 aliphatic carbocycles. The summed E-state index contributed by atoms with van der Waals surface area (Å²) in [5, 5.41) is 2.94. The molecule has 2 fully saturated rings. The Labute approximate surface area is 154 Å². The highest BCUT2D eigenvalue weighted by atomic mass is 35.5. The zero-order valence-corrected chi connectivity index (χ0v) is 15.1. The Morgan fingerprint density at radius 1 is 1.12 bits per heavy atom. The van der Waals surface area contributed by atoms with E-state index in [4.69, 9.17) is 10.5 Å². The third-order valence-electron chi connectivity index (χ3n) is 4.78. The average Bonchev–Trinajstić information content (AvgIpc) is 2.62. The topological polar surface area (TPSA) is 84.7 Å². The van der Waals surface area contributed by atoms with Crippen LogP contribution in [0, 0.1) is 5.92 Å². The van der Waals surface area contributed by atoms with E-state index in [0.717, 1.165) is 31.4 Å². The van der Waals surface area contributed by atoms with E-state index in [-0.39, 0.29) is 36.2 Å². The largest absolute Gasteiger partial charge is 0.378 e. The first-order valence-electron chi connectivity index (χ1n) is 8.67. The van der Waals surface area contributed by atoms with Gasteiger partial charge in [0, 0.05) is 36.3 Å². The predicted octanol–water partition coefficient (Wildman–Crippen LogP) is 2.04. The molecule has 138 valence electrons. The van der Waals surface area contributed by atoms with Crippen LogP contribution in [0.4, 0.5) is 5.69 Å². The summed E-state index contributed by atoms with van der Waals surface area (Å²) in [7, 11) is 0. The van der Waals surface area contributed by atoms with Gasteiger partial charge in [-0.05, 0) is 43.5 Å². The van der Waals surface area contributed by atoms with Crippen molar-refractivity contribution in [1.29, 1.82) is 0 Å². The fraction of sp³-hybridized carbons (Fsp3) is 0.556. The van der Waals surface area contributed by atoms with Crippen molar-refractivity contribution >= 4 is 29.9 Å². The standard InChI is InChI=1S/C18H25N3O3.ClH/c19-15-3-1-2-14(12-15)17(22)20-16-6-4-13(5-7-16)18(23)21-8-10-24-11-9-21;/h4-7,14-15H,1-3,8-12,19H2,(H,20,22);1H. The number of rotatable bonds is 3. The van der Waals surface area contributed by atoms with Crippen molar-refractivity contribution in [3.8, 4) is 0 Å². The highest BCUT2D eigenvalue weighted by Crippen LogP contribution is 2.24. The Bertz CT molecular complexity index is 588. The van der Waals surface area contributed by atoms with Crippen molar-refractivity contribution in [3.63, 3.8) is 0 Å². The van der Waals surface area contributed by atoms with Gasteiger partial charge in [-0.2, -0.15) is 0 Å². The van der Waals surface area contributed by atoms with Gasteiger partial charge in [0.15, 0.2) is 0 Å². The third-order valence-corrected chi connectivity index (χ3v) is 4.78. The second-order valence-electron chi connectivity index (χ2n) is 6.59. The molecule has 7 heteroatoms. The van der Waals surface area contributed by atoms with Crippen LogP contribution in [-0.2, 0) is 9.53 Å². The second kappa shape index (κ2) is 9.17. The van der Waals surface area contributed by atoms with Crippen LogP contribution in [0.2, 0.25) is 0 Å². The van der Waals surface area contributed by atoms with Gasteiger partial charge in [-0.25, -0.2) is 0 Å². The summed E-state index contributed by atoms with van der Waals surface area (Å²) in [6.45, 7) is 2.42. The summed E-state index contributed by atoms with van der Waals surface area (Å²) >= 11 is 0. The lowest BCUT2D eigenvalue weighted by atomic mass is 9.85. The lowest BCUT2D eigenvalue weighted by Gasteiger charge is -2.27. The Hall–Kier alpha value is -1.63. The first-order valence-corrected chi connectivity index (χ1v) is 8.67. The number of halogens is 1. The molecule has 3 N–H and O–H groups in total. The quantitative estimate of drug-likeness (QED) is 0.856. The van der Waals surface area contributed by atoms with Gasteiger partial charge in [0.25, 0.3) is 5.91 Å². The van der Waals surface area contributed by atoms with Crippen molar-refractivity contribution in [2.45, 2.75) is 31.7 Å². The van der Waals surface area contributed by atoms with Crippen molar-refractivity contribution in [2.75, 3.05) is 31.6 Å². The molecule has 0 bridgehead atoms. The highest BCUT2D eigenvalue weighted by molar-refractivity contribution is 5.96. The Morgan fingerprint density at radius 3 is 2.44 bits per heavy atom. The van der Waals surface area contributed by atoms with Crippen molar-refractivity contribution < 1.29 is 14.3 Å². The third kappa shape index (κ3) is 5.17. The number of ether oxygens (including phenoxy) is 1. The number of morpholine rings is 1. The number of benzene rings is 1. The normalized spacial score (nSPS) is 23.5. The van der Waals surface area contributed by atoms with Crippen molar-refractivity contribution in [3.05, 3.63) is 29.8 Å². The summed E-state index contributed by atoms with van der Waals surface area (Å²) in [6.07, 6.45) is 3.65. The molecule has 1 saturated carbocycles. The number of nitrogens with one attached hydrogen (secondary N) is 1. The van der Waals surface area contributed by atoms with Crippen LogP contribution < -0.4 is 11.1 Å². The molecule has 1 aromatic rings. The number of hydrogen-bond acceptors (Lipinski definition) is 4. The summed E-state index contributed by atoms with van der Waals surface area (Å²) in [4.78, 5) is 26.5. The Balaban J connectivity index is 0.00000225. The number of nitrogens with two attached hydrogens (primary N) is 1. The molecule has 0 spiro atoms. The van der Waals surface area contributed by atoms with Crippen LogP contribution in [0.3, 0.4) is 0 Å². The van der Waals surface area contributed by atoms with Gasteiger partial charge in [-0.3, -0.25) is 9.59 Å². The van der Waals surface area contributed by atoms with Crippen LogP contribution in [0.1, 0.15) is 36.0 Å². The first-order chi connectivity index (χ1) is 11.6. The second-order valence-corrected chi connectivity index (χ2v) is 6.59. The summed E-state index contributed by atoms with van der Waals surface area (Å²) in [5.41, 5.74) is 7.30. The lowest BCUT2D eigenvalue weighted by molar-refractivity contribution is -0.120. The number of amides is 2. The number of anilines is 1. The van der Waals surface area contributed by atoms with Gasteiger partial charge in [0.1, 0.15) is 0 Å². The fourth-order valence-electron chi connectivity index (χ4n) is 3.36. The number of hydrogen-bond donors (Lipinski definition) is 2. The van der Waals surface area contributed by atoms with Crippen molar-refractivity contribution in [2.24, 2.45) is 11.7 Å². The van der Waals surface area contributed by atoms with Gasteiger partial charge in [-0.1, -0.05) is 6.42 Å².